The van der Waals surface area contributed by atoms with Crippen molar-refractivity contribution in [2.24, 2.45) is 5.73 Å². The van der Waals surface area contributed by atoms with E-state index in [2.05, 4.69) is 5.73 Å². The van der Waals surface area contributed by atoms with Crippen LogP contribution in [0.3, 0.4) is 0 Å². The third-order valence-electron chi connectivity index (χ3n) is 2.24. The summed E-state index contributed by atoms with van der Waals surface area (Å²) in [5.74, 6) is -11.7. The molecule has 2 N–H and O–H groups in total. The van der Waals surface area contributed by atoms with Gasteiger partial charge in [0, 0.05) is 0 Å². The molecule has 0 heterocycles. The van der Waals surface area contributed by atoms with Gasteiger partial charge in [-0.1, -0.05) is 0 Å². The SMILES string of the molecule is N[C@@H](c1c(F)c(F)c(C(F)(F)F)c(F)c1F)C(F)(F)F. The summed E-state index contributed by atoms with van der Waals surface area (Å²) in [6.45, 7) is 0. The zero-order valence-corrected chi connectivity index (χ0v) is 8.93. The van der Waals surface area contributed by atoms with Crippen LogP contribution in [0.4, 0.5) is 43.9 Å². The number of halogens is 10. The Kier molecular flexibility index (Phi) is 3.96. The molecule has 0 aliphatic carbocycles. The maximum Gasteiger partial charge on any atom is 0.422 e. The van der Waals surface area contributed by atoms with E-state index in [0.717, 1.165) is 0 Å². The second kappa shape index (κ2) is 4.79. The summed E-state index contributed by atoms with van der Waals surface area (Å²) in [7, 11) is 0. The summed E-state index contributed by atoms with van der Waals surface area (Å²) in [5.41, 5.74) is -0.977. The maximum atomic E-state index is 13.2. The van der Waals surface area contributed by atoms with Crippen molar-refractivity contribution >= 4 is 0 Å². The van der Waals surface area contributed by atoms with Crippen LogP contribution in [0.15, 0.2) is 0 Å². The van der Waals surface area contributed by atoms with Crippen molar-refractivity contribution in [2.75, 3.05) is 0 Å². The molecule has 0 radical (unpaired) electrons. The highest BCUT2D eigenvalue weighted by molar-refractivity contribution is 5.34. The number of rotatable bonds is 1. The van der Waals surface area contributed by atoms with E-state index >= 15 is 0 Å². The van der Waals surface area contributed by atoms with Gasteiger partial charge in [0.05, 0.1) is 5.56 Å². The number of nitrogens with two attached hydrogens (primary N) is 1. The Hall–Kier alpha value is -1.52. The molecular weight excluding hydrogens is 312 g/mol. The van der Waals surface area contributed by atoms with Gasteiger partial charge in [0.25, 0.3) is 0 Å². The Bertz CT molecular complexity index is 500. The highest BCUT2D eigenvalue weighted by Gasteiger charge is 2.47. The summed E-state index contributed by atoms with van der Waals surface area (Å²) in [6.07, 6.45) is -11.4. The fourth-order valence-corrected chi connectivity index (χ4v) is 1.33. The fourth-order valence-electron chi connectivity index (χ4n) is 1.33. The molecule has 1 rings (SSSR count). The number of hydrogen-bond donors (Lipinski definition) is 1. The molecule has 0 bridgehead atoms. The summed E-state index contributed by atoms with van der Waals surface area (Å²) < 4.78 is 125. The number of alkyl halides is 6. The van der Waals surface area contributed by atoms with Gasteiger partial charge in [-0.25, -0.2) is 17.6 Å². The minimum Gasteiger partial charge on any atom is -0.316 e. The summed E-state index contributed by atoms with van der Waals surface area (Å²) in [5, 5.41) is 0. The smallest absolute Gasteiger partial charge is 0.316 e. The lowest BCUT2D eigenvalue weighted by Crippen LogP contribution is -2.32. The average molecular weight is 315 g/mol. The number of benzene rings is 1. The first-order chi connectivity index (χ1) is 8.80. The van der Waals surface area contributed by atoms with Crippen LogP contribution in [0.25, 0.3) is 0 Å². The molecule has 0 amide bonds. The van der Waals surface area contributed by atoms with Gasteiger partial charge in [-0.15, -0.1) is 0 Å². The first-order valence-corrected chi connectivity index (χ1v) is 4.55. The van der Waals surface area contributed by atoms with Gasteiger partial charge in [-0.2, -0.15) is 26.3 Å². The molecule has 0 aromatic heterocycles. The van der Waals surface area contributed by atoms with Crippen LogP contribution >= 0.6 is 0 Å². The van der Waals surface area contributed by atoms with E-state index in [1.165, 1.54) is 0 Å². The quantitative estimate of drug-likeness (QED) is 0.619. The summed E-state index contributed by atoms with van der Waals surface area (Å²) in [6, 6.07) is -3.52. The van der Waals surface area contributed by atoms with Crippen molar-refractivity contribution in [3.05, 3.63) is 34.4 Å². The number of hydrogen-bond acceptors (Lipinski definition) is 1. The molecule has 0 saturated carbocycles. The molecule has 0 fully saturated rings. The minimum absolute atomic E-state index is 2.36. The van der Waals surface area contributed by atoms with Crippen molar-refractivity contribution in [2.45, 2.75) is 18.4 Å². The predicted octanol–water partition coefficient (Wildman–Crippen LogP) is 3.82. The molecule has 0 aliphatic rings. The molecule has 0 spiro atoms. The standard InChI is InChI=1S/C9H3F10N/c10-3-1(7(20)9(17,18)19)4(11)6(13)2(5(3)12)8(14,15)16/h7H,20H2/t7-/m0/s1. The van der Waals surface area contributed by atoms with Crippen LogP contribution in [0.2, 0.25) is 0 Å². The molecule has 1 aromatic rings. The molecule has 1 nitrogen and oxygen atoms in total. The third kappa shape index (κ3) is 2.67. The Morgan fingerprint density at radius 2 is 1.05 bits per heavy atom. The van der Waals surface area contributed by atoms with E-state index in [1.807, 2.05) is 0 Å². The van der Waals surface area contributed by atoms with E-state index in [-0.39, 0.29) is 0 Å². The minimum atomic E-state index is -5.84. The van der Waals surface area contributed by atoms with E-state index in [9.17, 15) is 43.9 Å². The molecule has 1 aromatic carbocycles. The van der Waals surface area contributed by atoms with E-state index < -0.39 is 52.8 Å². The summed E-state index contributed by atoms with van der Waals surface area (Å²) >= 11 is 0. The Labute approximate surface area is 104 Å². The van der Waals surface area contributed by atoms with Gasteiger partial charge in [0.2, 0.25) is 0 Å². The van der Waals surface area contributed by atoms with Crippen LogP contribution in [0.1, 0.15) is 17.2 Å². The van der Waals surface area contributed by atoms with Gasteiger partial charge >= 0.3 is 12.4 Å². The Morgan fingerprint density at radius 3 is 1.30 bits per heavy atom. The van der Waals surface area contributed by atoms with Crippen molar-refractivity contribution in [3.63, 3.8) is 0 Å². The highest BCUT2D eigenvalue weighted by Crippen LogP contribution is 2.40. The Morgan fingerprint density at radius 1 is 0.700 bits per heavy atom. The second-order valence-corrected chi connectivity index (χ2v) is 3.56. The van der Waals surface area contributed by atoms with Crippen molar-refractivity contribution in [3.8, 4) is 0 Å². The van der Waals surface area contributed by atoms with E-state index in [4.69, 9.17) is 0 Å². The molecule has 0 aliphatic heterocycles. The topological polar surface area (TPSA) is 26.0 Å². The van der Waals surface area contributed by atoms with Gasteiger partial charge in [-0.3, -0.25) is 0 Å². The molecular formula is C9H3F10N. The van der Waals surface area contributed by atoms with Crippen molar-refractivity contribution < 1.29 is 43.9 Å². The van der Waals surface area contributed by atoms with Crippen LogP contribution in [0, 0.1) is 23.3 Å². The largest absolute Gasteiger partial charge is 0.422 e. The van der Waals surface area contributed by atoms with Crippen LogP contribution in [-0.4, -0.2) is 6.18 Å². The third-order valence-corrected chi connectivity index (χ3v) is 2.24. The predicted molar refractivity (Wildman–Crippen MR) is 44.3 cm³/mol. The average Bonchev–Trinajstić information content (AvgIpc) is 2.23. The van der Waals surface area contributed by atoms with Gasteiger partial charge < -0.3 is 5.73 Å². The zero-order chi connectivity index (χ0) is 16.0. The van der Waals surface area contributed by atoms with E-state index in [1.54, 1.807) is 0 Å². The van der Waals surface area contributed by atoms with Gasteiger partial charge in [-0.05, 0) is 0 Å². The van der Waals surface area contributed by atoms with Crippen LogP contribution in [0.5, 0.6) is 0 Å². The lowest BCUT2D eigenvalue weighted by atomic mass is 10.0. The first kappa shape index (κ1) is 16.5. The van der Waals surface area contributed by atoms with Crippen molar-refractivity contribution in [1.82, 2.24) is 0 Å². The van der Waals surface area contributed by atoms with Crippen LogP contribution in [-0.2, 0) is 6.18 Å². The van der Waals surface area contributed by atoms with Gasteiger partial charge in [0.1, 0.15) is 11.6 Å². The highest BCUT2D eigenvalue weighted by atomic mass is 19.4. The second-order valence-electron chi connectivity index (χ2n) is 3.56. The first-order valence-electron chi connectivity index (χ1n) is 4.55. The fraction of sp³-hybridized carbons (Fsp3) is 0.333. The maximum absolute atomic E-state index is 13.2. The molecule has 11 heteroatoms. The molecule has 0 saturated heterocycles. The van der Waals surface area contributed by atoms with E-state index in [0.29, 0.717) is 0 Å². The zero-order valence-electron chi connectivity index (χ0n) is 8.93. The molecule has 114 valence electrons. The normalized spacial score (nSPS) is 14.6. The lowest BCUT2D eigenvalue weighted by Gasteiger charge is -2.19. The Balaban J connectivity index is 3.70. The molecule has 1 atom stereocenters. The summed E-state index contributed by atoms with van der Waals surface area (Å²) in [4.78, 5) is 0. The van der Waals surface area contributed by atoms with Gasteiger partial charge in [0.15, 0.2) is 23.3 Å². The van der Waals surface area contributed by atoms with Crippen LogP contribution < -0.4 is 5.73 Å². The molecule has 0 unspecified atom stereocenters. The molecule has 20 heavy (non-hydrogen) atoms. The lowest BCUT2D eigenvalue weighted by molar-refractivity contribution is -0.151. The monoisotopic (exact) mass is 315 g/mol. The van der Waals surface area contributed by atoms with Crippen molar-refractivity contribution in [1.29, 1.82) is 0 Å².